The Labute approximate surface area is 120 Å². The summed E-state index contributed by atoms with van der Waals surface area (Å²) < 4.78 is 67.4. The predicted octanol–water partition coefficient (Wildman–Crippen LogP) is 2.82. The molecule has 2 rings (SSSR count). The Balaban J connectivity index is 2.09. The zero-order valence-electron chi connectivity index (χ0n) is 10.7. The van der Waals surface area contributed by atoms with Crippen molar-refractivity contribution in [2.75, 3.05) is 0 Å². The first kappa shape index (κ1) is 15.7. The van der Waals surface area contributed by atoms with Crippen LogP contribution in [0.25, 0.3) is 0 Å². The summed E-state index contributed by atoms with van der Waals surface area (Å²) in [7, 11) is 0. The van der Waals surface area contributed by atoms with Gasteiger partial charge in [-0.05, 0) is 6.07 Å². The van der Waals surface area contributed by atoms with Gasteiger partial charge in [-0.2, -0.15) is 0 Å². The minimum atomic E-state index is -5.13. The minimum absolute atomic E-state index is 0.265. The van der Waals surface area contributed by atoms with E-state index < -0.39 is 36.3 Å². The first-order valence-electron chi connectivity index (χ1n) is 5.76. The number of nitrogens with zero attached hydrogens (tertiary/aromatic N) is 2. The Bertz CT molecular complexity index is 670. The SMILES string of the molecule is O=C(NCc1cc(F)c(OC(F)(F)F)cc1F)n1ccnc1. The molecule has 5 nitrogen and oxygen atoms in total. The first-order chi connectivity index (χ1) is 10.3. The number of amides is 1. The Hall–Kier alpha value is -2.65. The number of nitrogens with one attached hydrogen (secondary N) is 1. The maximum atomic E-state index is 13.6. The lowest BCUT2D eigenvalue weighted by molar-refractivity contribution is -0.275. The van der Waals surface area contributed by atoms with Crippen LogP contribution in [0.15, 0.2) is 30.9 Å². The normalized spacial score (nSPS) is 11.3. The summed E-state index contributed by atoms with van der Waals surface area (Å²) in [5.41, 5.74) is -0.333. The van der Waals surface area contributed by atoms with Gasteiger partial charge in [0.2, 0.25) is 0 Å². The molecule has 0 aliphatic carbocycles. The fraction of sp³-hybridized carbons (Fsp3) is 0.167. The van der Waals surface area contributed by atoms with E-state index in [1.807, 2.05) is 0 Å². The van der Waals surface area contributed by atoms with Crippen LogP contribution in [-0.2, 0) is 6.54 Å². The first-order valence-corrected chi connectivity index (χ1v) is 5.76. The van der Waals surface area contributed by atoms with Gasteiger partial charge in [-0.3, -0.25) is 4.57 Å². The Morgan fingerprint density at radius 1 is 1.27 bits per heavy atom. The molecule has 1 amide bonds. The lowest BCUT2D eigenvalue weighted by atomic mass is 10.2. The monoisotopic (exact) mass is 321 g/mol. The smallest absolute Gasteiger partial charge is 0.403 e. The van der Waals surface area contributed by atoms with Gasteiger partial charge in [-0.25, -0.2) is 18.6 Å². The van der Waals surface area contributed by atoms with Crippen LogP contribution in [-0.4, -0.2) is 21.9 Å². The van der Waals surface area contributed by atoms with Crippen molar-refractivity contribution in [2.24, 2.45) is 0 Å². The van der Waals surface area contributed by atoms with Crippen LogP contribution in [0.3, 0.4) is 0 Å². The lowest BCUT2D eigenvalue weighted by Crippen LogP contribution is -2.27. The van der Waals surface area contributed by atoms with Crippen LogP contribution < -0.4 is 10.1 Å². The molecule has 0 bridgehead atoms. The third-order valence-corrected chi connectivity index (χ3v) is 2.50. The van der Waals surface area contributed by atoms with Crippen molar-refractivity contribution in [2.45, 2.75) is 12.9 Å². The summed E-state index contributed by atoms with van der Waals surface area (Å²) in [6.45, 7) is -0.425. The van der Waals surface area contributed by atoms with Crippen molar-refractivity contribution in [3.63, 3.8) is 0 Å². The number of rotatable bonds is 3. The molecular weight excluding hydrogens is 313 g/mol. The second kappa shape index (κ2) is 6.00. The third-order valence-electron chi connectivity index (χ3n) is 2.50. The van der Waals surface area contributed by atoms with Gasteiger partial charge in [0, 0.05) is 30.6 Å². The molecule has 22 heavy (non-hydrogen) atoms. The second-order valence-electron chi connectivity index (χ2n) is 4.05. The number of benzene rings is 1. The fourth-order valence-corrected chi connectivity index (χ4v) is 1.55. The Kier molecular flexibility index (Phi) is 4.29. The summed E-state index contributed by atoms with van der Waals surface area (Å²) in [6, 6.07) is 0.125. The number of ether oxygens (including phenoxy) is 1. The number of imidazole rings is 1. The van der Waals surface area contributed by atoms with E-state index in [9.17, 15) is 26.7 Å². The second-order valence-corrected chi connectivity index (χ2v) is 4.05. The van der Waals surface area contributed by atoms with Crippen molar-refractivity contribution in [3.8, 4) is 5.75 Å². The summed E-state index contributed by atoms with van der Waals surface area (Å²) >= 11 is 0. The van der Waals surface area contributed by atoms with E-state index in [2.05, 4.69) is 15.0 Å². The number of hydrogen-bond donors (Lipinski definition) is 1. The third kappa shape index (κ3) is 3.93. The molecule has 2 aromatic rings. The van der Waals surface area contributed by atoms with Crippen molar-refractivity contribution < 1.29 is 31.5 Å². The zero-order valence-corrected chi connectivity index (χ0v) is 10.7. The molecule has 0 spiro atoms. The predicted molar refractivity (Wildman–Crippen MR) is 62.9 cm³/mol. The highest BCUT2D eigenvalue weighted by Crippen LogP contribution is 2.27. The number of carbonyl (C=O) groups is 1. The maximum absolute atomic E-state index is 13.6. The zero-order chi connectivity index (χ0) is 16.3. The van der Waals surface area contributed by atoms with Gasteiger partial charge >= 0.3 is 12.4 Å². The Morgan fingerprint density at radius 3 is 2.59 bits per heavy atom. The molecule has 0 saturated heterocycles. The number of aromatic nitrogens is 2. The van der Waals surface area contributed by atoms with Gasteiger partial charge in [0.1, 0.15) is 12.1 Å². The molecular formula is C12H8F5N3O2. The average molecular weight is 321 g/mol. The van der Waals surface area contributed by atoms with Gasteiger partial charge in [-0.1, -0.05) is 0 Å². The molecule has 0 unspecified atom stereocenters. The van der Waals surface area contributed by atoms with Gasteiger partial charge in [0.25, 0.3) is 0 Å². The van der Waals surface area contributed by atoms with Crippen LogP contribution >= 0.6 is 0 Å². The van der Waals surface area contributed by atoms with Crippen molar-refractivity contribution in [1.82, 2.24) is 14.9 Å². The van der Waals surface area contributed by atoms with Gasteiger partial charge in [-0.15, -0.1) is 13.2 Å². The van der Waals surface area contributed by atoms with Gasteiger partial charge in [0.05, 0.1) is 0 Å². The summed E-state index contributed by atoms with van der Waals surface area (Å²) in [4.78, 5) is 15.2. The van der Waals surface area contributed by atoms with E-state index in [1.165, 1.54) is 18.7 Å². The number of halogens is 5. The fourth-order valence-electron chi connectivity index (χ4n) is 1.55. The summed E-state index contributed by atoms with van der Waals surface area (Å²) in [5, 5.41) is 2.25. The molecule has 0 radical (unpaired) electrons. The molecule has 10 heteroatoms. The number of alkyl halides is 3. The molecule has 0 aliphatic heterocycles. The molecule has 0 fully saturated rings. The topological polar surface area (TPSA) is 56.1 Å². The summed E-state index contributed by atoms with van der Waals surface area (Å²) in [6.07, 6.45) is -1.29. The lowest BCUT2D eigenvalue weighted by Gasteiger charge is -2.12. The quantitative estimate of drug-likeness (QED) is 0.885. The molecule has 1 aromatic carbocycles. The van der Waals surface area contributed by atoms with E-state index >= 15 is 0 Å². The molecule has 0 atom stereocenters. The van der Waals surface area contributed by atoms with Crippen molar-refractivity contribution in [1.29, 1.82) is 0 Å². The van der Waals surface area contributed by atoms with E-state index in [0.717, 1.165) is 4.57 Å². The van der Waals surface area contributed by atoms with E-state index in [-0.39, 0.29) is 11.6 Å². The van der Waals surface area contributed by atoms with Crippen LogP contribution in [0.1, 0.15) is 5.56 Å². The summed E-state index contributed by atoms with van der Waals surface area (Å²) in [5.74, 6) is -3.83. The van der Waals surface area contributed by atoms with E-state index in [0.29, 0.717) is 6.07 Å². The highest BCUT2D eigenvalue weighted by molar-refractivity contribution is 5.76. The molecule has 1 heterocycles. The van der Waals surface area contributed by atoms with Crippen molar-refractivity contribution >= 4 is 6.03 Å². The van der Waals surface area contributed by atoms with E-state index in [1.54, 1.807) is 0 Å². The molecule has 0 saturated carbocycles. The standard InChI is InChI=1S/C12H8F5N3O2/c13-8-4-10(22-12(15,16)17)9(14)3-7(8)5-19-11(21)20-2-1-18-6-20/h1-4,6H,5H2,(H,19,21). The van der Waals surface area contributed by atoms with Crippen molar-refractivity contribution in [3.05, 3.63) is 48.1 Å². The maximum Gasteiger partial charge on any atom is 0.573 e. The van der Waals surface area contributed by atoms with Gasteiger partial charge < -0.3 is 10.1 Å². The molecule has 1 N–H and O–H groups in total. The average Bonchev–Trinajstić information content (AvgIpc) is 2.93. The Morgan fingerprint density at radius 2 is 2.00 bits per heavy atom. The molecule has 1 aromatic heterocycles. The van der Waals surface area contributed by atoms with Crippen LogP contribution in [0.5, 0.6) is 5.75 Å². The van der Waals surface area contributed by atoms with Gasteiger partial charge in [0.15, 0.2) is 11.6 Å². The number of carbonyl (C=O) groups excluding carboxylic acids is 1. The molecule has 0 aliphatic rings. The van der Waals surface area contributed by atoms with E-state index in [4.69, 9.17) is 0 Å². The highest BCUT2D eigenvalue weighted by atomic mass is 19.4. The highest BCUT2D eigenvalue weighted by Gasteiger charge is 2.32. The van der Waals surface area contributed by atoms with Crippen LogP contribution in [0.4, 0.5) is 26.7 Å². The van der Waals surface area contributed by atoms with Crippen LogP contribution in [0, 0.1) is 11.6 Å². The molecule has 118 valence electrons. The largest absolute Gasteiger partial charge is 0.573 e. The van der Waals surface area contributed by atoms with Crippen LogP contribution in [0.2, 0.25) is 0 Å². The number of hydrogen-bond acceptors (Lipinski definition) is 3. The minimum Gasteiger partial charge on any atom is -0.403 e.